The summed E-state index contributed by atoms with van der Waals surface area (Å²) in [5.74, 6) is -7.63. The molecular formula is C36H56N12O9. The van der Waals surface area contributed by atoms with Crippen LogP contribution >= 0.6 is 0 Å². The van der Waals surface area contributed by atoms with Gasteiger partial charge >= 0.3 is 0 Å². The van der Waals surface area contributed by atoms with Gasteiger partial charge in [0.1, 0.15) is 36.0 Å². The number of aromatic nitrogens is 2. The summed E-state index contributed by atoms with van der Waals surface area (Å²) in [6.45, 7) is 6.41. The highest BCUT2D eigenvalue weighted by Crippen LogP contribution is 2.14. The van der Waals surface area contributed by atoms with E-state index in [9.17, 15) is 43.8 Å². The SMILES string of the molecule is CC[C@H](C)[C@H](NC(=O)[C@H](Cc1ccc(O)cc1)NC(=O)[C@H](CC(N)=O)NC(=O)[C@H](CCCN=C(N)N)NC(=O)[C@@H](C)[C@@H](C)O)C(=O)N[C@@H](Cc1cnc[nH]1)C(N)=O. The second kappa shape index (κ2) is 23.0. The van der Waals surface area contributed by atoms with Crippen LogP contribution in [0, 0.1) is 11.8 Å². The van der Waals surface area contributed by atoms with Crippen LogP contribution in [0.25, 0.3) is 0 Å². The summed E-state index contributed by atoms with van der Waals surface area (Å²) in [5.41, 5.74) is 22.8. The van der Waals surface area contributed by atoms with Crippen molar-refractivity contribution in [3.63, 3.8) is 0 Å². The van der Waals surface area contributed by atoms with Crippen LogP contribution in [0.1, 0.15) is 64.6 Å². The maximum atomic E-state index is 14.0. The second-order valence-corrected chi connectivity index (χ2v) is 13.8. The third-order valence-corrected chi connectivity index (χ3v) is 9.19. The molecule has 1 aromatic heterocycles. The molecule has 16 N–H and O–H groups in total. The molecule has 0 spiro atoms. The van der Waals surface area contributed by atoms with Gasteiger partial charge in [-0.1, -0.05) is 39.3 Å². The van der Waals surface area contributed by atoms with Crippen molar-refractivity contribution in [1.82, 2.24) is 36.6 Å². The lowest BCUT2D eigenvalue weighted by Crippen LogP contribution is -2.61. The van der Waals surface area contributed by atoms with Crippen LogP contribution in [0.5, 0.6) is 5.75 Å². The van der Waals surface area contributed by atoms with E-state index in [1.807, 2.05) is 0 Å². The van der Waals surface area contributed by atoms with Gasteiger partial charge in [-0.3, -0.25) is 38.6 Å². The molecule has 1 heterocycles. The van der Waals surface area contributed by atoms with Crippen LogP contribution in [0.15, 0.2) is 41.8 Å². The number of guanidine groups is 1. The number of nitrogens with zero attached hydrogens (tertiary/aromatic N) is 2. The number of aliphatic hydroxyl groups is 1. The standard InChI is InChI=1S/C36H56N12O9/c1-5-18(2)29(35(57)45-25(30(38)52)14-22-16-41-17-43-22)48-34(56)26(13-21-8-10-23(50)11-9-21)46-33(55)27(15-28(37)51)47-32(54)24(7-6-12-42-36(39)40)44-31(53)19(3)20(4)49/h8-11,16-20,24-27,29,49-50H,5-7,12-15H2,1-4H3,(H2,37,51)(H2,38,52)(H,41,43)(H,44,53)(H,45,57)(H,46,55)(H,47,54)(H,48,56)(H4,39,40,42)/t18-,19-,20+,24-,25-,26-,27-,29-/m0/s1. The summed E-state index contributed by atoms with van der Waals surface area (Å²) in [6, 6.07) is -1.03. The van der Waals surface area contributed by atoms with Crippen molar-refractivity contribution in [2.24, 2.45) is 39.8 Å². The van der Waals surface area contributed by atoms with Gasteiger partial charge in [0, 0.05) is 31.3 Å². The molecule has 21 nitrogen and oxygen atoms in total. The molecular weight excluding hydrogens is 744 g/mol. The van der Waals surface area contributed by atoms with Crippen molar-refractivity contribution in [2.75, 3.05) is 6.54 Å². The average Bonchev–Trinajstić information content (AvgIpc) is 3.66. The molecule has 0 aliphatic carbocycles. The highest BCUT2D eigenvalue weighted by molar-refractivity contribution is 5.98. The summed E-state index contributed by atoms with van der Waals surface area (Å²) >= 11 is 0. The van der Waals surface area contributed by atoms with Gasteiger partial charge in [-0.2, -0.15) is 0 Å². The Morgan fingerprint density at radius 1 is 0.772 bits per heavy atom. The Labute approximate surface area is 329 Å². The summed E-state index contributed by atoms with van der Waals surface area (Å²) in [5, 5.41) is 32.5. The van der Waals surface area contributed by atoms with Crippen molar-refractivity contribution < 1.29 is 43.8 Å². The monoisotopic (exact) mass is 800 g/mol. The minimum atomic E-state index is -1.65. The molecule has 0 saturated heterocycles. The van der Waals surface area contributed by atoms with Crippen molar-refractivity contribution in [2.45, 2.75) is 103 Å². The number of hydrogen-bond acceptors (Lipinski definition) is 11. The van der Waals surface area contributed by atoms with E-state index >= 15 is 0 Å². The fraction of sp³-hybridized carbons (Fsp3) is 0.528. The molecule has 7 amide bonds. The minimum Gasteiger partial charge on any atom is -0.508 e. The van der Waals surface area contributed by atoms with E-state index in [0.717, 1.165) is 0 Å². The molecule has 0 fully saturated rings. The quantitative estimate of drug-likeness (QED) is 0.0284. The number of primary amides is 2. The lowest BCUT2D eigenvalue weighted by molar-refractivity contribution is -0.137. The molecule has 0 radical (unpaired) electrons. The molecule has 2 rings (SSSR count). The molecule has 0 bridgehead atoms. The van der Waals surface area contributed by atoms with Gasteiger partial charge in [0.15, 0.2) is 5.96 Å². The van der Waals surface area contributed by atoms with Gasteiger partial charge in [0.2, 0.25) is 41.4 Å². The van der Waals surface area contributed by atoms with Crippen molar-refractivity contribution in [3.8, 4) is 5.75 Å². The number of carbonyl (C=O) groups is 7. The number of hydrogen-bond donors (Lipinski definition) is 12. The van der Waals surface area contributed by atoms with Crippen LogP contribution in [-0.2, 0) is 46.4 Å². The van der Waals surface area contributed by atoms with E-state index < -0.39 is 95.9 Å². The molecule has 8 atom stereocenters. The molecule has 0 saturated carbocycles. The second-order valence-electron chi connectivity index (χ2n) is 13.8. The zero-order chi connectivity index (χ0) is 42.8. The third-order valence-electron chi connectivity index (χ3n) is 9.19. The number of nitrogens with one attached hydrogen (secondary N) is 6. The Morgan fingerprint density at radius 2 is 1.35 bits per heavy atom. The summed E-state index contributed by atoms with van der Waals surface area (Å²) in [6.07, 6.45) is 1.48. The first-order chi connectivity index (χ1) is 26.8. The lowest BCUT2D eigenvalue weighted by Gasteiger charge is -2.29. The van der Waals surface area contributed by atoms with Crippen molar-refractivity contribution in [1.29, 1.82) is 0 Å². The van der Waals surface area contributed by atoms with Crippen LogP contribution in [-0.4, -0.2) is 110 Å². The van der Waals surface area contributed by atoms with E-state index in [1.54, 1.807) is 13.8 Å². The van der Waals surface area contributed by atoms with Gasteiger partial charge < -0.3 is 64.7 Å². The van der Waals surface area contributed by atoms with Crippen LogP contribution in [0.2, 0.25) is 0 Å². The minimum absolute atomic E-state index is 0.00482. The van der Waals surface area contributed by atoms with E-state index in [4.69, 9.17) is 22.9 Å². The number of nitrogens with two attached hydrogens (primary N) is 4. The van der Waals surface area contributed by atoms with Crippen molar-refractivity contribution >= 4 is 47.3 Å². The molecule has 314 valence electrons. The number of benzene rings is 1. The first-order valence-electron chi connectivity index (χ1n) is 18.4. The van der Waals surface area contributed by atoms with Crippen LogP contribution in [0.4, 0.5) is 0 Å². The maximum Gasteiger partial charge on any atom is 0.243 e. The predicted molar refractivity (Wildman–Crippen MR) is 207 cm³/mol. The fourth-order valence-electron chi connectivity index (χ4n) is 5.38. The molecule has 1 aromatic carbocycles. The Morgan fingerprint density at radius 3 is 1.89 bits per heavy atom. The van der Waals surface area contributed by atoms with E-state index in [1.165, 1.54) is 50.6 Å². The summed E-state index contributed by atoms with van der Waals surface area (Å²) < 4.78 is 0. The molecule has 21 heteroatoms. The number of phenols is 1. The van der Waals surface area contributed by atoms with Gasteiger partial charge in [-0.15, -0.1) is 0 Å². The molecule has 2 aromatic rings. The topological polar surface area (TPSA) is 365 Å². The zero-order valence-corrected chi connectivity index (χ0v) is 32.5. The van der Waals surface area contributed by atoms with Crippen LogP contribution < -0.4 is 49.5 Å². The molecule has 0 aliphatic heterocycles. The Hall–Kier alpha value is -6.25. The number of aliphatic imine (C=N–C) groups is 1. The highest BCUT2D eigenvalue weighted by Gasteiger charge is 2.35. The smallest absolute Gasteiger partial charge is 0.243 e. The number of carbonyl (C=O) groups excluding carboxylic acids is 7. The Balaban J connectivity index is 2.41. The van der Waals surface area contributed by atoms with E-state index in [2.05, 4.69) is 41.5 Å². The van der Waals surface area contributed by atoms with E-state index in [-0.39, 0.29) is 43.9 Å². The number of aromatic amines is 1. The number of aromatic hydroxyl groups is 1. The van der Waals surface area contributed by atoms with Crippen LogP contribution in [0.3, 0.4) is 0 Å². The van der Waals surface area contributed by atoms with Gasteiger partial charge in [0.05, 0.1) is 24.8 Å². The first kappa shape index (κ1) is 46.9. The fourth-order valence-corrected chi connectivity index (χ4v) is 5.38. The van der Waals surface area contributed by atoms with E-state index in [0.29, 0.717) is 17.7 Å². The molecule has 0 aliphatic rings. The van der Waals surface area contributed by atoms with Gasteiger partial charge in [0.25, 0.3) is 0 Å². The molecule has 57 heavy (non-hydrogen) atoms. The summed E-state index contributed by atoms with van der Waals surface area (Å²) in [4.78, 5) is 103. The highest BCUT2D eigenvalue weighted by atomic mass is 16.3. The number of imidazole rings is 1. The summed E-state index contributed by atoms with van der Waals surface area (Å²) in [7, 11) is 0. The normalized spacial score (nSPS) is 15.2. The Bertz CT molecular complexity index is 1700. The van der Waals surface area contributed by atoms with Gasteiger partial charge in [-0.25, -0.2) is 4.98 Å². The molecule has 0 unspecified atom stereocenters. The predicted octanol–water partition coefficient (Wildman–Crippen LogP) is -3.20. The average molecular weight is 801 g/mol. The number of amides is 7. The van der Waals surface area contributed by atoms with Gasteiger partial charge in [-0.05, 0) is 43.4 Å². The largest absolute Gasteiger partial charge is 0.508 e. The maximum absolute atomic E-state index is 14.0. The Kier molecular flexibility index (Phi) is 18.9. The lowest BCUT2D eigenvalue weighted by atomic mass is 9.96. The zero-order valence-electron chi connectivity index (χ0n) is 32.5. The number of rotatable bonds is 24. The third kappa shape index (κ3) is 16.2. The number of aliphatic hydroxyl groups excluding tert-OH is 1. The number of H-pyrrole nitrogens is 1. The first-order valence-corrected chi connectivity index (χ1v) is 18.4. The number of phenolic OH excluding ortho intramolecular Hbond substituents is 1. The van der Waals surface area contributed by atoms with Crippen molar-refractivity contribution in [3.05, 3.63) is 48.0 Å².